The molecule has 1 aliphatic heterocycles. The summed E-state index contributed by atoms with van der Waals surface area (Å²) >= 11 is 1.63. The highest BCUT2D eigenvalue weighted by Gasteiger charge is 2.37. The number of benzene rings is 2. The Morgan fingerprint density at radius 3 is 2.32 bits per heavy atom. The van der Waals surface area contributed by atoms with Gasteiger partial charge in [0.1, 0.15) is 6.61 Å². The number of imidazole rings is 1. The summed E-state index contributed by atoms with van der Waals surface area (Å²) in [6.07, 6.45) is 11.2. The Bertz CT molecular complexity index is 1370. The van der Waals surface area contributed by atoms with Crippen LogP contribution in [0.3, 0.4) is 0 Å². The fourth-order valence-corrected chi connectivity index (χ4v) is 4.89. The Balaban J connectivity index is 1.48. The SMILES string of the molecule is COC(=O)C1=C(C)NC(C)=C(C(=O)OC/C=C/c2ccc(Cn3ccnc3)cc2)C1c1ccc(SC)cc1. The van der Waals surface area contributed by atoms with Crippen molar-refractivity contribution in [3.05, 3.63) is 113 Å². The average Bonchev–Trinajstić information content (AvgIpc) is 3.44. The van der Waals surface area contributed by atoms with Crippen LogP contribution in [0.25, 0.3) is 6.08 Å². The van der Waals surface area contributed by atoms with E-state index in [1.165, 1.54) is 12.7 Å². The van der Waals surface area contributed by atoms with E-state index >= 15 is 0 Å². The topological polar surface area (TPSA) is 82.5 Å². The number of carbonyl (C=O) groups is 2. The molecule has 0 radical (unpaired) electrons. The van der Waals surface area contributed by atoms with Crippen LogP contribution in [0, 0.1) is 0 Å². The fourth-order valence-electron chi connectivity index (χ4n) is 4.49. The molecule has 196 valence electrons. The summed E-state index contributed by atoms with van der Waals surface area (Å²) in [5.41, 5.74) is 5.08. The first kappa shape index (κ1) is 27.0. The Kier molecular flexibility index (Phi) is 8.86. The first-order valence-electron chi connectivity index (χ1n) is 12.2. The van der Waals surface area contributed by atoms with Crippen molar-refractivity contribution in [2.24, 2.45) is 0 Å². The van der Waals surface area contributed by atoms with E-state index in [1.54, 1.807) is 30.4 Å². The van der Waals surface area contributed by atoms with E-state index in [4.69, 9.17) is 9.47 Å². The molecule has 8 heteroatoms. The highest BCUT2D eigenvalue weighted by Crippen LogP contribution is 2.39. The largest absolute Gasteiger partial charge is 0.466 e. The van der Waals surface area contributed by atoms with E-state index in [2.05, 4.69) is 22.4 Å². The first-order chi connectivity index (χ1) is 18.4. The summed E-state index contributed by atoms with van der Waals surface area (Å²) in [5, 5.41) is 3.16. The summed E-state index contributed by atoms with van der Waals surface area (Å²) < 4.78 is 12.7. The Morgan fingerprint density at radius 2 is 1.71 bits per heavy atom. The van der Waals surface area contributed by atoms with Gasteiger partial charge in [-0.25, -0.2) is 14.6 Å². The fraction of sp³-hybridized carbons (Fsp3) is 0.233. The van der Waals surface area contributed by atoms with Crippen LogP contribution in [0.15, 0.2) is 101 Å². The van der Waals surface area contributed by atoms with E-state index in [0.29, 0.717) is 22.5 Å². The third-order valence-corrected chi connectivity index (χ3v) is 7.10. The lowest BCUT2D eigenvalue weighted by Crippen LogP contribution is -2.32. The van der Waals surface area contributed by atoms with Crippen LogP contribution in [-0.2, 0) is 25.6 Å². The molecule has 0 bridgehead atoms. The van der Waals surface area contributed by atoms with Gasteiger partial charge in [0.25, 0.3) is 0 Å². The average molecular weight is 530 g/mol. The maximum absolute atomic E-state index is 13.3. The molecule has 1 atom stereocenters. The zero-order chi connectivity index (χ0) is 27.1. The molecule has 3 aromatic rings. The Hall–Kier alpha value is -4.04. The van der Waals surface area contributed by atoms with Crippen LogP contribution in [-0.4, -0.2) is 41.5 Å². The molecule has 0 spiro atoms. The maximum atomic E-state index is 13.3. The maximum Gasteiger partial charge on any atom is 0.337 e. The van der Waals surface area contributed by atoms with Gasteiger partial charge < -0.3 is 19.4 Å². The number of allylic oxidation sites excluding steroid dienone is 2. The molecule has 0 aliphatic carbocycles. The van der Waals surface area contributed by atoms with Crippen LogP contribution in [0.1, 0.15) is 36.5 Å². The van der Waals surface area contributed by atoms with Crippen LogP contribution < -0.4 is 5.32 Å². The molecular weight excluding hydrogens is 498 g/mol. The predicted octanol–water partition coefficient (Wildman–Crippen LogP) is 5.32. The second-order valence-electron chi connectivity index (χ2n) is 8.88. The predicted molar refractivity (Wildman–Crippen MR) is 149 cm³/mol. The standard InChI is InChI=1S/C30H31N3O4S/c1-20-26(29(34)36-3)28(24-11-13-25(38-4)14-12-24)27(21(2)32-20)30(35)37-17-5-6-22-7-9-23(10-8-22)18-33-16-15-31-19-33/h5-16,19,28,32H,17-18H2,1-4H3/b6-5+. The van der Waals surface area contributed by atoms with Gasteiger partial charge in [-0.2, -0.15) is 0 Å². The van der Waals surface area contributed by atoms with Gasteiger partial charge in [0.15, 0.2) is 0 Å². The normalized spacial score (nSPS) is 15.5. The molecule has 1 unspecified atom stereocenters. The third-order valence-electron chi connectivity index (χ3n) is 6.36. The van der Waals surface area contributed by atoms with E-state index in [9.17, 15) is 9.59 Å². The highest BCUT2D eigenvalue weighted by molar-refractivity contribution is 7.98. The number of esters is 2. The number of ether oxygens (including phenoxy) is 2. The number of rotatable bonds is 9. The number of carbonyl (C=O) groups excluding carboxylic acids is 2. The number of nitrogens with one attached hydrogen (secondary N) is 1. The number of nitrogens with zero attached hydrogens (tertiary/aromatic N) is 2. The van der Waals surface area contributed by atoms with Gasteiger partial charge in [-0.3, -0.25) is 0 Å². The van der Waals surface area contributed by atoms with Crippen molar-refractivity contribution in [3.63, 3.8) is 0 Å². The number of dihydropyridines is 1. The monoisotopic (exact) mass is 529 g/mol. The van der Waals surface area contributed by atoms with Gasteiger partial charge in [0, 0.05) is 35.2 Å². The molecule has 2 heterocycles. The van der Waals surface area contributed by atoms with E-state index in [-0.39, 0.29) is 6.61 Å². The van der Waals surface area contributed by atoms with Gasteiger partial charge >= 0.3 is 11.9 Å². The molecular formula is C30H31N3O4S. The minimum atomic E-state index is -0.598. The number of thioether (sulfide) groups is 1. The van der Waals surface area contributed by atoms with Crippen molar-refractivity contribution in [3.8, 4) is 0 Å². The summed E-state index contributed by atoms with van der Waals surface area (Å²) in [6, 6.07) is 16.0. The molecule has 1 N–H and O–H groups in total. The van der Waals surface area contributed by atoms with Crippen molar-refractivity contribution in [1.82, 2.24) is 14.9 Å². The number of hydrogen-bond donors (Lipinski definition) is 1. The second-order valence-corrected chi connectivity index (χ2v) is 9.76. The van der Waals surface area contributed by atoms with Crippen LogP contribution in [0.4, 0.5) is 0 Å². The lowest BCUT2D eigenvalue weighted by molar-refractivity contribution is -0.138. The molecule has 0 saturated carbocycles. The smallest absolute Gasteiger partial charge is 0.337 e. The minimum Gasteiger partial charge on any atom is -0.466 e. The summed E-state index contributed by atoms with van der Waals surface area (Å²) in [7, 11) is 1.34. The number of aromatic nitrogens is 2. The molecule has 1 aromatic heterocycles. The quantitative estimate of drug-likeness (QED) is 0.297. The van der Waals surface area contributed by atoms with Crippen LogP contribution in [0.2, 0.25) is 0 Å². The second kappa shape index (κ2) is 12.5. The van der Waals surface area contributed by atoms with Crippen molar-refractivity contribution in [1.29, 1.82) is 0 Å². The third kappa shape index (κ3) is 6.26. The lowest BCUT2D eigenvalue weighted by atomic mass is 9.80. The molecule has 38 heavy (non-hydrogen) atoms. The molecule has 0 saturated heterocycles. The number of methoxy groups -OCH3 is 1. The summed E-state index contributed by atoms with van der Waals surface area (Å²) in [4.78, 5) is 31.3. The number of hydrogen-bond acceptors (Lipinski definition) is 7. The Labute approximate surface area is 227 Å². The van der Waals surface area contributed by atoms with Crippen molar-refractivity contribution in [2.75, 3.05) is 20.0 Å². The van der Waals surface area contributed by atoms with Crippen LogP contribution >= 0.6 is 11.8 Å². The molecule has 2 aromatic carbocycles. The molecule has 1 aliphatic rings. The molecule has 7 nitrogen and oxygen atoms in total. The zero-order valence-electron chi connectivity index (χ0n) is 21.9. The zero-order valence-corrected chi connectivity index (χ0v) is 22.7. The van der Waals surface area contributed by atoms with E-state index in [0.717, 1.165) is 22.6 Å². The summed E-state index contributed by atoms with van der Waals surface area (Å²) in [6.45, 7) is 4.48. The van der Waals surface area contributed by atoms with Crippen molar-refractivity contribution in [2.45, 2.75) is 31.2 Å². The van der Waals surface area contributed by atoms with E-state index in [1.807, 2.05) is 73.3 Å². The minimum absolute atomic E-state index is 0.0980. The van der Waals surface area contributed by atoms with Gasteiger partial charge in [-0.05, 0) is 55.0 Å². The lowest BCUT2D eigenvalue weighted by Gasteiger charge is -2.30. The van der Waals surface area contributed by atoms with Gasteiger partial charge in [0.05, 0.1) is 30.5 Å². The van der Waals surface area contributed by atoms with Crippen LogP contribution in [0.5, 0.6) is 0 Å². The first-order valence-corrected chi connectivity index (χ1v) is 13.4. The Morgan fingerprint density at radius 1 is 1.03 bits per heavy atom. The van der Waals surface area contributed by atoms with Gasteiger partial charge in [-0.15, -0.1) is 11.8 Å². The summed E-state index contributed by atoms with van der Waals surface area (Å²) in [5.74, 6) is -1.56. The van der Waals surface area contributed by atoms with Crippen molar-refractivity contribution >= 4 is 29.8 Å². The van der Waals surface area contributed by atoms with E-state index < -0.39 is 17.9 Å². The van der Waals surface area contributed by atoms with Crippen molar-refractivity contribution < 1.29 is 19.1 Å². The molecule has 0 fully saturated rings. The van der Waals surface area contributed by atoms with Gasteiger partial charge in [-0.1, -0.05) is 42.5 Å². The highest BCUT2D eigenvalue weighted by atomic mass is 32.2. The van der Waals surface area contributed by atoms with Gasteiger partial charge in [0.2, 0.25) is 0 Å². The molecule has 4 rings (SSSR count). The molecule has 0 amide bonds.